The van der Waals surface area contributed by atoms with Crippen molar-refractivity contribution in [3.8, 4) is 0 Å². The largest absolute Gasteiger partial charge is 0.378 e. The van der Waals surface area contributed by atoms with Crippen molar-refractivity contribution in [3.05, 3.63) is 0 Å². The van der Waals surface area contributed by atoms with Crippen molar-refractivity contribution in [2.75, 3.05) is 6.61 Å². The van der Waals surface area contributed by atoms with Crippen LogP contribution in [0.4, 0.5) is 4.39 Å². The van der Waals surface area contributed by atoms with Gasteiger partial charge in [0.15, 0.2) is 0 Å². The summed E-state index contributed by atoms with van der Waals surface area (Å²) in [5.41, 5.74) is -0.993. The van der Waals surface area contributed by atoms with Crippen molar-refractivity contribution in [1.29, 1.82) is 0 Å². The van der Waals surface area contributed by atoms with Crippen LogP contribution >= 0.6 is 0 Å². The summed E-state index contributed by atoms with van der Waals surface area (Å²) in [6.07, 6.45) is 7.41. The lowest BCUT2D eigenvalue weighted by Gasteiger charge is -2.39. The van der Waals surface area contributed by atoms with Crippen LogP contribution in [0.2, 0.25) is 0 Å². The number of rotatable bonds is 2. The average molecular weight is 242 g/mol. The van der Waals surface area contributed by atoms with E-state index in [2.05, 4.69) is 6.92 Å². The van der Waals surface area contributed by atoms with E-state index in [9.17, 15) is 4.39 Å². The van der Waals surface area contributed by atoms with Gasteiger partial charge in [-0.15, -0.1) is 0 Å². The molecule has 17 heavy (non-hydrogen) atoms. The Labute approximate surface area is 105 Å². The van der Waals surface area contributed by atoms with Crippen LogP contribution in [0.3, 0.4) is 0 Å². The molecule has 2 fully saturated rings. The molecular weight excluding hydrogens is 215 g/mol. The monoisotopic (exact) mass is 242 g/mol. The predicted octanol–water partition coefficient (Wildman–Crippen LogP) is 4.36. The number of hydrogen-bond acceptors (Lipinski definition) is 1. The van der Waals surface area contributed by atoms with E-state index in [4.69, 9.17) is 4.74 Å². The fourth-order valence-corrected chi connectivity index (χ4v) is 3.45. The second-order valence-electron chi connectivity index (χ2n) is 6.73. The number of ether oxygens (including phenoxy) is 1. The highest BCUT2D eigenvalue weighted by Gasteiger charge is 2.36. The lowest BCUT2D eigenvalue weighted by Crippen LogP contribution is -2.36. The smallest absolute Gasteiger partial charge is 0.108 e. The summed E-state index contributed by atoms with van der Waals surface area (Å²) in [5, 5.41) is 0. The van der Waals surface area contributed by atoms with Crippen molar-refractivity contribution >= 4 is 0 Å². The van der Waals surface area contributed by atoms with Crippen molar-refractivity contribution in [2.24, 2.45) is 17.8 Å². The molecule has 1 aliphatic carbocycles. The van der Waals surface area contributed by atoms with Gasteiger partial charge in [0.25, 0.3) is 0 Å². The molecule has 2 unspecified atom stereocenters. The number of halogens is 1. The van der Waals surface area contributed by atoms with Crippen LogP contribution in [-0.2, 0) is 4.74 Å². The normalized spacial score (nSPS) is 40.2. The van der Waals surface area contributed by atoms with Crippen LogP contribution in [0.1, 0.15) is 59.3 Å². The van der Waals surface area contributed by atoms with E-state index < -0.39 is 5.67 Å². The molecule has 0 aromatic carbocycles. The quantitative estimate of drug-likeness (QED) is 0.699. The highest BCUT2D eigenvalue weighted by atomic mass is 19.1. The van der Waals surface area contributed by atoms with Crippen LogP contribution in [0, 0.1) is 17.8 Å². The van der Waals surface area contributed by atoms with E-state index >= 15 is 0 Å². The summed E-state index contributed by atoms with van der Waals surface area (Å²) in [5.74, 6) is 1.69. The Morgan fingerprint density at radius 2 is 1.65 bits per heavy atom. The summed E-state index contributed by atoms with van der Waals surface area (Å²) < 4.78 is 19.8. The molecule has 0 N–H and O–H groups in total. The molecule has 1 saturated heterocycles. The second kappa shape index (κ2) is 5.26. The maximum Gasteiger partial charge on any atom is 0.108 e. The van der Waals surface area contributed by atoms with Gasteiger partial charge in [-0.25, -0.2) is 4.39 Å². The van der Waals surface area contributed by atoms with E-state index in [1.165, 1.54) is 12.8 Å². The Kier molecular flexibility index (Phi) is 4.12. The zero-order valence-electron chi connectivity index (χ0n) is 11.5. The molecule has 1 nitrogen and oxygen atoms in total. The molecular formula is C15H27FO. The van der Waals surface area contributed by atoms with Gasteiger partial charge in [-0.1, -0.05) is 6.92 Å². The molecule has 0 aromatic rings. The Bertz CT molecular complexity index is 230. The van der Waals surface area contributed by atoms with Gasteiger partial charge in [-0.3, -0.25) is 0 Å². The first-order valence-corrected chi connectivity index (χ1v) is 7.27. The van der Waals surface area contributed by atoms with Crippen LogP contribution in [-0.4, -0.2) is 18.4 Å². The van der Waals surface area contributed by atoms with Gasteiger partial charge in [-0.05, 0) is 70.1 Å². The molecule has 2 aliphatic rings. The molecule has 0 spiro atoms. The van der Waals surface area contributed by atoms with Gasteiger partial charge < -0.3 is 4.74 Å². The highest BCUT2D eigenvalue weighted by Crippen LogP contribution is 2.40. The SMILES string of the molecule is CC1CCC(C2CCC(C(C)(C)F)CC2)OC1. The Morgan fingerprint density at radius 3 is 2.12 bits per heavy atom. The zero-order chi connectivity index (χ0) is 12.5. The molecule has 1 heterocycles. The third-order valence-electron chi connectivity index (χ3n) is 4.81. The summed E-state index contributed by atoms with van der Waals surface area (Å²) in [7, 11) is 0. The molecule has 0 aromatic heterocycles. The fourth-order valence-electron chi connectivity index (χ4n) is 3.45. The van der Waals surface area contributed by atoms with Gasteiger partial charge in [0, 0.05) is 6.61 Å². The maximum absolute atomic E-state index is 13.9. The highest BCUT2D eigenvalue weighted by molar-refractivity contribution is 4.86. The molecule has 1 aliphatic heterocycles. The van der Waals surface area contributed by atoms with Crippen LogP contribution < -0.4 is 0 Å². The second-order valence-corrected chi connectivity index (χ2v) is 6.73. The first kappa shape index (κ1) is 13.3. The molecule has 0 radical (unpaired) electrons. The third-order valence-corrected chi connectivity index (χ3v) is 4.81. The van der Waals surface area contributed by atoms with Crippen LogP contribution in [0.15, 0.2) is 0 Å². The minimum Gasteiger partial charge on any atom is -0.378 e. The Morgan fingerprint density at radius 1 is 1.00 bits per heavy atom. The molecule has 2 heteroatoms. The molecule has 0 amide bonds. The van der Waals surface area contributed by atoms with Crippen molar-refractivity contribution in [3.63, 3.8) is 0 Å². The molecule has 1 saturated carbocycles. The van der Waals surface area contributed by atoms with Crippen molar-refractivity contribution < 1.29 is 9.13 Å². The summed E-state index contributed by atoms with van der Waals surface area (Å²) >= 11 is 0. The average Bonchev–Trinajstić information content (AvgIpc) is 2.29. The minimum absolute atomic E-state index is 0.265. The molecule has 0 bridgehead atoms. The first-order valence-electron chi connectivity index (χ1n) is 7.27. The molecule has 100 valence electrons. The minimum atomic E-state index is -0.993. The van der Waals surface area contributed by atoms with Crippen LogP contribution in [0.25, 0.3) is 0 Å². The number of alkyl halides is 1. The van der Waals surface area contributed by atoms with E-state index in [-0.39, 0.29) is 5.92 Å². The van der Waals surface area contributed by atoms with Crippen LogP contribution in [0.5, 0.6) is 0 Å². The van der Waals surface area contributed by atoms with Crippen molar-refractivity contribution in [1.82, 2.24) is 0 Å². The Balaban J connectivity index is 1.79. The van der Waals surface area contributed by atoms with E-state index in [0.717, 1.165) is 38.2 Å². The fraction of sp³-hybridized carbons (Fsp3) is 1.00. The van der Waals surface area contributed by atoms with E-state index in [1.807, 2.05) is 0 Å². The van der Waals surface area contributed by atoms with Gasteiger partial charge in [-0.2, -0.15) is 0 Å². The van der Waals surface area contributed by atoms with Gasteiger partial charge in [0.1, 0.15) is 5.67 Å². The molecule has 2 atom stereocenters. The van der Waals surface area contributed by atoms with Gasteiger partial charge in [0.05, 0.1) is 6.10 Å². The standard InChI is InChI=1S/C15H27FO/c1-11-4-9-14(17-10-11)12-5-7-13(8-6-12)15(2,3)16/h11-14H,4-10H2,1-3H3. The van der Waals surface area contributed by atoms with Gasteiger partial charge >= 0.3 is 0 Å². The summed E-state index contributed by atoms with van der Waals surface area (Å²) in [4.78, 5) is 0. The lowest BCUT2D eigenvalue weighted by atomic mass is 9.73. The van der Waals surface area contributed by atoms with E-state index in [1.54, 1.807) is 13.8 Å². The Hall–Kier alpha value is -0.110. The van der Waals surface area contributed by atoms with Gasteiger partial charge in [0.2, 0.25) is 0 Å². The maximum atomic E-state index is 13.9. The summed E-state index contributed by atoms with van der Waals surface area (Å²) in [6.45, 7) is 6.66. The summed E-state index contributed by atoms with van der Waals surface area (Å²) in [6, 6.07) is 0. The number of hydrogen-bond donors (Lipinski definition) is 0. The topological polar surface area (TPSA) is 9.23 Å². The lowest BCUT2D eigenvalue weighted by molar-refractivity contribution is -0.0601. The zero-order valence-corrected chi connectivity index (χ0v) is 11.5. The predicted molar refractivity (Wildman–Crippen MR) is 68.8 cm³/mol. The first-order chi connectivity index (χ1) is 7.97. The molecule has 2 rings (SSSR count). The van der Waals surface area contributed by atoms with Crippen molar-refractivity contribution in [2.45, 2.75) is 71.1 Å². The van der Waals surface area contributed by atoms with E-state index in [0.29, 0.717) is 12.0 Å². The third kappa shape index (κ3) is 3.43.